The number of hydrogen-bond acceptors (Lipinski definition) is 3. The third kappa shape index (κ3) is 4.92. The Labute approximate surface area is 176 Å². The molecule has 1 atom stereocenters. The van der Waals surface area contributed by atoms with Crippen LogP contribution in [0.3, 0.4) is 0 Å². The third-order valence-electron chi connectivity index (χ3n) is 4.75. The van der Waals surface area contributed by atoms with Crippen molar-refractivity contribution in [2.24, 2.45) is 0 Å². The molecule has 0 aliphatic rings. The van der Waals surface area contributed by atoms with Gasteiger partial charge in [-0.15, -0.1) is 0 Å². The van der Waals surface area contributed by atoms with Crippen LogP contribution in [0.25, 0.3) is 5.65 Å². The predicted octanol–water partition coefficient (Wildman–Crippen LogP) is 4.82. The van der Waals surface area contributed by atoms with Crippen LogP contribution in [0.2, 0.25) is 0 Å². The average molecular weight is 424 g/mol. The topological polar surface area (TPSA) is 58.4 Å². The van der Waals surface area contributed by atoms with Gasteiger partial charge in [0.05, 0.1) is 11.3 Å². The van der Waals surface area contributed by atoms with Gasteiger partial charge < -0.3 is 9.72 Å². The van der Waals surface area contributed by atoms with Crippen LogP contribution in [0.5, 0.6) is 0 Å². The molecule has 0 aliphatic heterocycles. The molecule has 4 aromatic rings. The number of rotatable bonds is 6. The number of fused-ring (bicyclic) bond motifs is 1. The van der Waals surface area contributed by atoms with Crippen LogP contribution in [0, 0.1) is 0 Å². The zero-order valence-corrected chi connectivity index (χ0v) is 16.3. The molecule has 0 saturated heterocycles. The number of imidazole rings is 1. The second-order valence-corrected chi connectivity index (χ2v) is 6.99. The predicted molar refractivity (Wildman–Crippen MR) is 111 cm³/mol. The number of benzene rings is 2. The molecule has 0 unspecified atom stereocenters. The van der Waals surface area contributed by atoms with Gasteiger partial charge in [-0.2, -0.15) is 13.2 Å². The number of carbonyl (C=O) groups excluding carboxylic acids is 1. The van der Waals surface area contributed by atoms with Crippen LogP contribution in [-0.2, 0) is 17.5 Å². The molecule has 4 rings (SSSR count). The Balaban J connectivity index is 1.54. The minimum absolute atomic E-state index is 0.0790. The first kappa shape index (κ1) is 20.6. The Bertz CT molecular complexity index is 1160. The van der Waals surface area contributed by atoms with Crippen molar-refractivity contribution in [3.63, 3.8) is 0 Å². The van der Waals surface area contributed by atoms with Gasteiger partial charge in [0.15, 0.2) is 0 Å². The van der Waals surface area contributed by atoms with Crippen molar-refractivity contribution in [1.29, 1.82) is 0 Å². The standard InChI is InChI=1S/C23H19F3N4O/c24-23(25,26)17-9-6-10-18(13-17)29-22(31)21(16-7-2-1-3-8-16)27-14-19-15-30-12-5-4-11-20(30)28-19/h1-13,15,21,27H,14H2,(H,29,31)/t21-/m1/s1. The van der Waals surface area contributed by atoms with Gasteiger partial charge in [0.2, 0.25) is 5.91 Å². The number of halogens is 3. The molecule has 0 saturated carbocycles. The second-order valence-electron chi connectivity index (χ2n) is 6.99. The number of pyridine rings is 1. The van der Waals surface area contributed by atoms with E-state index in [9.17, 15) is 18.0 Å². The molecule has 0 radical (unpaired) electrons. The lowest BCUT2D eigenvalue weighted by atomic mass is 10.1. The summed E-state index contributed by atoms with van der Waals surface area (Å²) in [6.45, 7) is 0.303. The molecule has 0 aliphatic carbocycles. The van der Waals surface area contributed by atoms with Crippen molar-refractivity contribution < 1.29 is 18.0 Å². The third-order valence-corrected chi connectivity index (χ3v) is 4.75. The van der Waals surface area contributed by atoms with E-state index in [1.165, 1.54) is 12.1 Å². The molecule has 31 heavy (non-hydrogen) atoms. The van der Waals surface area contributed by atoms with Crippen LogP contribution in [0.1, 0.15) is 22.9 Å². The number of carbonyl (C=O) groups is 1. The van der Waals surface area contributed by atoms with E-state index in [0.717, 1.165) is 23.5 Å². The van der Waals surface area contributed by atoms with Crippen LogP contribution >= 0.6 is 0 Å². The number of alkyl halides is 3. The van der Waals surface area contributed by atoms with Crippen LogP contribution < -0.4 is 10.6 Å². The number of nitrogens with zero attached hydrogens (tertiary/aromatic N) is 2. The summed E-state index contributed by atoms with van der Waals surface area (Å²) >= 11 is 0. The molecule has 158 valence electrons. The highest BCUT2D eigenvalue weighted by molar-refractivity contribution is 5.95. The van der Waals surface area contributed by atoms with Crippen molar-refractivity contribution in [2.45, 2.75) is 18.8 Å². The first-order valence-corrected chi connectivity index (χ1v) is 9.59. The quantitative estimate of drug-likeness (QED) is 0.467. The van der Waals surface area contributed by atoms with Crippen molar-refractivity contribution in [3.05, 3.63) is 102 Å². The smallest absolute Gasteiger partial charge is 0.324 e. The average Bonchev–Trinajstić information content (AvgIpc) is 3.17. The summed E-state index contributed by atoms with van der Waals surface area (Å²) < 4.78 is 40.8. The zero-order valence-electron chi connectivity index (χ0n) is 16.3. The normalized spacial score (nSPS) is 12.6. The molecule has 0 spiro atoms. The molecule has 1 amide bonds. The van der Waals surface area contributed by atoms with Crippen LogP contribution in [0.4, 0.5) is 18.9 Å². The van der Waals surface area contributed by atoms with Gasteiger partial charge in [-0.05, 0) is 35.9 Å². The molecule has 0 fully saturated rings. The maximum atomic E-state index is 13.0. The molecule has 5 nitrogen and oxygen atoms in total. The van der Waals surface area contributed by atoms with E-state index in [4.69, 9.17) is 0 Å². The summed E-state index contributed by atoms with van der Waals surface area (Å²) in [4.78, 5) is 17.5. The SMILES string of the molecule is O=C(Nc1cccc(C(F)(F)F)c1)[C@H](NCc1cn2ccccc2n1)c1ccccc1. The van der Waals surface area contributed by atoms with Gasteiger partial charge in [0, 0.05) is 24.6 Å². The Kier molecular flexibility index (Phi) is 5.73. The highest BCUT2D eigenvalue weighted by Crippen LogP contribution is 2.31. The summed E-state index contributed by atoms with van der Waals surface area (Å²) in [5, 5.41) is 5.76. The fraction of sp³-hybridized carbons (Fsp3) is 0.130. The number of nitrogens with one attached hydrogen (secondary N) is 2. The molecular weight excluding hydrogens is 405 g/mol. The monoisotopic (exact) mass is 424 g/mol. The summed E-state index contributed by atoms with van der Waals surface area (Å²) in [6.07, 6.45) is -0.753. The molecular formula is C23H19F3N4O. The molecule has 0 bridgehead atoms. The number of anilines is 1. The van der Waals surface area contributed by atoms with Gasteiger partial charge in [-0.1, -0.05) is 42.5 Å². The largest absolute Gasteiger partial charge is 0.416 e. The van der Waals surface area contributed by atoms with Crippen molar-refractivity contribution in [1.82, 2.24) is 14.7 Å². The lowest BCUT2D eigenvalue weighted by Gasteiger charge is -2.19. The summed E-state index contributed by atoms with van der Waals surface area (Å²) in [6, 6.07) is 18.4. The van der Waals surface area contributed by atoms with E-state index in [0.29, 0.717) is 12.1 Å². The van der Waals surface area contributed by atoms with Gasteiger partial charge in [-0.3, -0.25) is 10.1 Å². The molecule has 2 aromatic heterocycles. The fourth-order valence-electron chi connectivity index (χ4n) is 3.27. The van der Waals surface area contributed by atoms with E-state index >= 15 is 0 Å². The highest BCUT2D eigenvalue weighted by Gasteiger charge is 2.30. The van der Waals surface area contributed by atoms with E-state index in [1.807, 2.05) is 41.1 Å². The number of amides is 1. The van der Waals surface area contributed by atoms with Crippen molar-refractivity contribution in [3.8, 4) is 0 Å². The van der Waals surface area contributed by atoms with E-state index in [2.05, 4.69) is 15.6 Å². The van der Waals surface area contributed by atoms with Gasteiger partial charge in [-0.25, -0.2) is 4.98 Å². The molecule has 2 heterocycles. The Morgan fingerprint density at radius 2 is 1.77 bits per heavy atom. The maximum Gasteiger partial charge on any atom is 0.416 e. The first-order chi connectivity index (χ1) is 14.9. The lowest BCUT2D eigenvalue weighted by molar-refractivity contribution is -0.137. The molecule has 8 heteroatoms. The van der Waals surface area contributed by atoms with Gasteiger partial charge in [0.25, 0.3) is 0 Å². The zero-order chi connectivity index (χ0) is 21.8. The lowest BCUT2D eigenvalue weighted by Crippen LogP contribution is -2.33. The molecule has 2 aromatic carbocycles. The minimum atomic E-state index is -4.49. The molecule has 2 N–H and O–H groups in total. The summed E-state index contributed by atoms with van der Waals surface area (Å²) in [5.74, 6) is -0.464. The van der Waals surface area contributed by atoms with E-state index < -0.39 is 23.7 Å². The number of aromatic nitrogens is 2. The second kappa shape index (κ2) is 8.61. The van der Waals surface area contributed by atoms with Crippen molar-refractivity contribution >= 4 is 17.2 Å². The van der Waals surface area contributed by atoms with Crippen molar-refractivity contribution in [2.75, 3.05) is 5.32 Å². The number of hydrogen-bond donors (Lipinski definition) is 2. The minimum Gasteiger partial charge on any atom is -0.324 e. The Hall–Kier alpha value is -3.65. The Morgan fingerprint density at radius 3 is 2.52 bits per heavy atom. The van der Waals surface area contributed by atoms with Crippen LogP contribution in [-0.4, -0.2) is 15.3 Å². The first-order valence-electron chi connectivity index (χ1n) is 9.59. The van der Waals surface area contributed by atoms with Gasteiger partial charge in [0.1, 0.15) is 11.7 Å². The fourth-order valence-corrected chi connectivity index (χ4v) is 3.27. The van der Waals surface area contributed by atoms with Crippen LogP contribution in [0.15, 0.2) is 85.2 Å². The van der Waals surface area contributed by atoms with E-state index in [-0.39, 0.29) is 5.69 Å². The Morgan fingerprint density at radius 1 is 1.00 bits per heavy atom. The highest BCUT2D eigenvalue weighted by atomic mass is 19.4. The van der Waals surface area contributed by atoms with Gasteiger partial charge >= 0.3 is 6.18 Å². The van der Waals surface area contributed by atoms with E-state index in [1.54, 1.807) is 24.3 Å². The summed E-state index contributed by atoms with van der Waals surface area (Å²) in [5.41, 5.74) is 1.47. The summed E-state index contributed by atoms with van der Waals surface area (Å²) in [7, 11) is 0. The maximum absolute atomic E-state index is 13.0.